The fourth-order valence-corrected chi connectivity index (χ4v) is 7.22. The molecule has 4 rings (SSSR count). The average molecular weight is 715 g/mol. The number of aryl methyl sites for hydroxylation is 2. The highest BCUT2D eigenvalue weighted by atomic mass is 35.5. The molecule has 0 saturated carbocycles. The summed E-state index contributed by atoms with van der Waals surface area (Å²) in [6.45, 7) is 8.35. The van der Waals surface area contributed by atoms with Crippen molar-refractivity contribution in [2.45, 2.75) is 64.1 Å². The molecular formula is C36H38Cl3N3O4S. The Morgan fingerprint density at radius 1 is 0.830 bits per heavy atom. The van der Waals surface area contributed by atoms with Gasteiger partial charge in [-0.25, -0.2) is 8.42 Å². The Morgan fingerprint density at radius 2 is 1.45 bits per heavy atom. The zero-order valence-corrected chi connectivity index (χ0v) is 30.0. The summed E-state index contributed by atoms with van der Waals surface area (Å²) in [5.74, 6) is -1.05. The van der Waals surface area contributed by atoms with Gasteiger partial charge in [0.2, 0.25) is 11.8 Å². The highest BCUT2D eigenvalue weighted by molar-refractivity contribution is 7.92. The van der Waals surface area contributed by atoms with Crippen LogP contribution in [0, 0.1) is 13.8 Å². The van der Waals surface area contributed by atoms with Gasteiger partial charge in [-0.15, -0.1) is 0 Å². The predicted octanol–water partition coefficient (Wildman–Crippen LogP) is 8.01. The zero-order chi connectivity index (χ0) is 34.5. The second kappa shape index (κ2) is 15.1. The number of hydrogen-bond acceptors (Lipinski definition) is 4. The van der Waals surface area contributed by atoms with Crippen LogP contribution < -0.4 is 9.62 Å². The molecule has 0 unspecified atom stereocenters. The molecular weight excluding hydrogens is 677 g/mol. The van der Waals surface area contributed by atoms with Crippen LogP contribution in [0.15, 0.2) is 95.9 Å². The number of halogens is 3. The number of sulfonamides is 1. The van der Waals surface area contributed by atoms with E-state index in [0.29, 0.717) is 26.2 Å². The number of nitrogens with one attached hydrogen (secondary N) is 1. The monoisotopic (exact) mass is 713 g/mol. The first kappa shape index (κ1) is 36.3. The van der Waals surface area contributed by atoms with Crippen LogP contribution in [0.3, 0.4) is 0 Å². The third kappa shape index (κ3) is 9.29. The van der Waals surface area contributed by atoms with Gasteiger partial charge in [-0.05, 0) is 82.1 Å². The van der Waals surface area contributed by atoms with Gasteiger partial charge in [0, 0.05) is 39.1 Å². The third-order valence-corrected chi connectivity index (χ3v) is 10.2. The Bertz CT molecular complexity index is 1820. The maximum Gasteiger partial charge on any atom is 0.264 e. The fraction of sp³-hybridized carbons (Fsp3) is 0.278. The summed E-state index contributed by atoms with van der Waals surface area (Å²) in [6, 6.07) is 24.5. The fourth-order valence-electron chi connectivity index (χ4n) is 5.06. The van der Waals surface area contributed by atoms with E-state index in [2.05, 4.69) is 5.32 Å². The molecule has 4 aromatic carbocycles. The van der Waals surface area contributed by atoms with E-state index in [0.717, 1.165) is 15.4 Å². The molecule has 4 aromatic rings. The lowest BCUT2D eigenvalue weighted by atomic mass is 10.0. The van der Waals surface area contributed by atoms with Gasteiger partial charge in [0.15, 0.2) is 0 Å². The summed E-state index contributed by atoms with van der Waals surface area (Å²) in [4.78, 5) is 30.1. The van der Waals surface area contributed by atoms with Crippen LogP contribution in [-0.4, -0.2) is 43.3 Å². The molecule has 0 aliphatic heterocycles. The quantitative estimate of drug-likeness (QED) is 0.171. The first-order chi connectivity index (χ1) is 22.1. The number of carbonyl (C=O) groups excluding carboxylic acids is 2. The lowest BCUT2D eigenvalue weighted by molar-refractivity contribution is -0.140. The van der Waals surface area contributed by atoms with Crippen LogP contribution >= 0.6 is 34.8 Å². The molecule has 1 N–H and O–H groups in total. The van der Waals surface area contributed by atoms with E-state index in [-0.39, 0.29) is 23.5 Å². The van der Waals surface area contributed by atoms with Crippen LogP contribution in [0.2, 0.25) is 15.1 Å². The third-order valence-electron chi connectivity index (χ3n) is 7.49. The lowest BCUT2D eigenvalue weighted by Gasteiger charge is -2.36. The molecule has 248 valence electrons. The van der Waals surface area contributed by atoms with Crippen molar-refractivity contribution in [3.8, 4) is 0 Å². The molecule has 1 atom stereocenters. The van der Waals surface area contributed by atoms with Crippen molar-refractivity contribution in [1.82, 2.24) is 10.2 Å². The van der Waals surface area contributed by atoms with E-state index in [9.17, 15) is 18.0 Å². The summed E-state index contributed by atoms with van der Waals surface area (Å²) in [5, 5.41) is 3.91. The van der Waals surface area contributed by atoms with Crippen LogP contribution in [-0.2, 0) is 32.6 Å². The van der Waals surface area contributed by atoms with Crippen molar-refractivity contribution < 1.29 is 18.0 Å². The molecule has 47 heavy (non-hydrogen) atoms. The number of benzene rings is 4. The Morgan fingerprint density at radius 3 is 2.04 bits per heavy atom. The first-order valence-corrected chi connectivity index (χ1v) is 17.6. The average Bonchev–Trinajstić information content (AvgIpc) is 3.00. The van der Waals surface area contributed by atoms with E-state index in [4.69, 9.17) is 34.8 Å². The summed E-state index contributed by atoms with van der Waals surface area (Å²) in [6.07, 6.45) is 0.150. The lowest BCUT2D eigenvalue weighted by Crippen LogP contribution is -2.56. The predicted molar refractivity (Wildman–Crippen MR) is 191 cm³/mol. The minimum Gasteiger partial charge on any atom is -0.350 e. The Balaban J connectivity index is 1.88. The number of carbonyl (C=O) groups is 2. The molecule has 0 aromatic heterocycles. The maximum atomic E-state index is 14.7. The minimum absolute atomic E-state index is 0.00212. The molecule has 0 saturated heterocycles. The van der Waals surface area contributed by atoms with Crippen molar-refractivity contribution in [3.63, 3.8) is 0 Å². The van der Waals surface area contributed by atoms with Crippen LogP contribution in [0.4, 0.5) is 5.69 Å². The van der Waals surface area contributed by atoms with Crippen molar-refractivity contribution in [1.29, 1.82) is 0 Å². The van der Waals surface area contributed by atoms with Gasteiger partial charge in [0.05, 0.1) is 10.6 Å². The van der Waals surface area contributed by atoms with Crippen molar-refractivity contribution in [2.75, 3.05) is 10.8 Å². The number of anilines is 1. The van der Waals surface area contributed by atoms with Gasteiger partial charge in [0.1, 0.15) is 12.6 Å². The van der Waals surface area contributed by atoms with Gasteiger partial charge in [-0.3, -0.25) is 13.9 Å². The number of nitrogens with zero attached hydrogens (tertiary/aromatic N) is 2. The van der Waals surface area contributed by atoms with Gasteiger partial charge >= 0.3 is 0 Å². The summed E-state index contributed by atoms with van der Waals surface area (Å²) in [7, 11) is -4.29. The van der Waals surface area contributed by atoms with E-state index in [1.54, 1.807) is 49.4 Å². The van der Waals surface area contributed by atoms with Crippen LogP contribution in [0.1, 0.15) is 43.0 Å². The minimum atomic E-state index is -4.29. The summed E-state index contributed by atoms with van der Waals surface area (Å²) in [5.41, 5.74) is 2.31. The molecule has 0 spiro atoms. The van der Waals surface area contributed by atoms with Crippen molar-refractivity contribution >= 4 is 62.3 Å². The first-order valence-electron chi connectivity index (χ1n) is 15.0. The standard InChI is InChI=1S/C36H38Cl3N3O4S/c1-24-14-18-28(19-15-24)47(45,46)42(32-21-27(37)17-16-25(32)2)23-34(43)41(22-29-30(38)12-9-13-31(29)39)33(35(44)40-36(3,4)5)20-26-10-7-6-8-11-26/h6-19,21,33H,20,22-23H2,1-5H3,(H,40,44)/t33-/m0/s1. The second-order valence-corrected chi connectivity index (χ2v) is 15.5. The van der Waals surface area contributed by atoms with Gasteiger partial charge < -0.3 is 10.2 Å². The molecule has 0 fully saturated rings. The number of hydrogen-bond donors (Lipinski definition) is 1. The number of amides is 2. The van der Waals surface area contributed by atoms with Gasteiger partial charge in [0.25, 0.3) is 10.0 Å². The molecule has 0 aliphatic rings. The molecule has 11 heteroatoms. The molecule has 0 heterocycles. The normalized spacial score (nSPS) is 12.3. The van der Waals surface area contributed by atoms with Gasteiger partial charge in [-0.2, -0.15) is 0 Å². The maximum absolute atomic E-state index is 14.7. The van der Waals surface area contributed by atoms with E-state index >= 15 is 0 Å². The number of rotatable bonds is 11. The van der Waals surface area contributed by atoms with E-state index < -0.39 is 40.0 Å². The van der Waals surface area contributed by atoms with Crippen LogP contribution in [0.25, 0.3) is 0 Å². The highest BCUT2D eigenvalue weighted by Crippen LogP contribution is 2.32. The van der Waals surface area contributed by atoms with E-state index in [1.165, 1.54) is 23.1 Å². The molecule has 2 amide bonds. The summed E-state index contributed by atoms with van der Waals surface area (Å²) >= 11 is 19.5. The van der Waals surface area contributed by atoms with Crippen molar-refractivity contribution in [2.24, 2.45) is 0 Å². The Hall–Kier alpha value is -3.56. The summed E-state index contributed by atoms with van der Waals surface area (Å²) < 4.78 is 29.7. The highest BCUT2D eigenvalue weighted by Gasteiger charge is 2.36. The molecule has 0 bridgehead atoms. The second-order valence-electron chi connectivity index (χ2n) is 12.4. The Kier molecular flexibility index (Phi) is 11.7. The van der Waals surface area contributed by atoms with Gasteiger partial charge in [-0.1, -0.05) is 95.0 Å². The molecule has 7 nitrogen and oxygen atoms in total. The largest absolute Gasteiger partial charge is 0.350 e. The van der Waals surface area contributed by atoms with Crippen molar-refractivity contribution in [3.05, 3.63) is 128 Å². The SMILES string of the molecule is Cc1ccc(S(=O)(=O)N(CC(=O)N(Cc2c(Cl)cccc2Cl)[C@@H](Cc2ccccc2)C(=O)NC(C)(C)C)c2cc(Cl)ccc2C)cc1. The topological polar surface area (TPSA) is 86.8 Å². The Labute approximate surface area is 292 Å². The van der Waals surface area contributed by atoms with E-state index in [1.807, 2.05) is 58.0 Å². The molecule has 0 radical (unpaired) electrons. The zero-order valence-electron chi connectivity index (χ0n) is 26.9. The molecule has 0 aliphatic carbocycles. The van der Waals surface area contributed by atoms with Crippen LogP contribution in [0.5, 0.6) is 0 Å². The smallest absolute Gasteiger partial charge is 0.264 e.